The van der Waals surface area contributed by atoms with E-state index in [9.17, 15) is 4.79 Å². The number of halogens is 1. The molecule has 0 aliphatic carbocycles. The van der Waals surface area contributed by atoms with E-state index in [1.165, 1.54) is 0 Å². The maximum Gasteiger partial charge on any atom is 0.257 e. The molecule has 0 saturated carbocycles. The monoisotopic (exact) mass is 416 g/mol. The average Bonchev–Trinajstić information content (AvgIpc) is 3.07. The highest BCUT2D eigenvalue weighted by Gasteiger charge is 2.48. The van der Waals surface area contributed by atoms with Crippen LogP contribution in [0, 0.1) is 5.92 Å². The van der Waals surface area contributed by atoms with E-state index < -0.39 is 5.54 Å². The highest BCUT2D eigenvalue weighted by molar-refractivity contribution is 9.10. The van der Waals surface area contributed by atoms with Crippen LogP contribution in [0.5, 0.6) is 0 Å². The van der Waals surface area contributed by atoms with Gasteiger partial charge in [-0.25, -0.2) is 4.99 Å². The standard InChI is InChI=1S/C19H17BrN2O2S/c20-16-8-4-7-14(9-16)19-12-24-10-15(19)11-25-18(22-19)21-17(23)13-5-2-1-3-6-13/h1-9,15H,10-12H2,(H,21,22,23)/t15-,19+/m0/s1. The largest absolute Gasteiger partial charge is 0.378 e. The van der Waals surface area contributed by atoms with Crippen LogP contribution in [0.1, 0.15) is 15.9 Å². The minimum absolute atomic E-state index is 0.131. The van der Waals surface area contributed by atoms with Gasteiger partial charge in [0.05, 0.1) is 13.2 Å². The number of fused-ring (bicyclic) bond motifs is 1. The SMILES string of the molecule is O=C(NC1=N[C@@]2(c3cccc(Br)c3)COC[C@H]2CS1)c1ccccc1. The Kier molecular flexibility index (Phi) is 4.67. The van der Waals surface area contributed by atoms with Crippen molar-refractivity contribution in [2.45, 2.75) is 5.54 Å². The molecule has 1 amide bonds. The van der Waals surface area contributed by atoms with Crippen molar-refractivity contribution >= 4 is 38.8 Å². The van der Waals surface area contributed by atoms with Gasteiger partial charge in [0.1, 0.15) is 5.54 Å². The molecule has 2 aromatic rings. The summed E-state index contributed by atoms with van der Waals surface area (Å²) in [4.78, 5) is 17.4. The summed E-state index contributed by atoms with van der Waals surface area (Å²) < 4.78 is 6.80. The summed E-state index contributed by atoms with van der Waals surface area (Å²) in [5.41, 5.74) is 1.33. The Morgan fingerprint density at radius 1 is 1.24 bits per heavy atom. The quantitative estimate of drug-likeness (QED) is 0.809. The molecule has 2 aliphatic heterocycles. The highest BCUT2D eigenvalue weighted by atomic mass is 79.9. The third kappa shape index (κ3) is 3.26. The van der Waals surface area contributed by atoms with Gasteiger partial charge in [0.25, 0.3) is 5.91 Å². The number of thioether (sulfide) groups is 1. The first-order valence-corrected chi connectivity index (χ1v) is 9.88. The van der Waals surface area contributed by atoms with Crippen molar-refractivity contribution in [3.05, 3.63) is 70.2 Å². The number of amidine groups is 1. The number of carbonyl (C=O) groups excluding carboxylic acids is 1. The Labute approximate surface area is 159 Å². The van der Waals surface area contributed by atoms with Crippen molar-refractivity contribution in [3.63, 3.8) is 0 Å². The molecule has 6 heteroatoms. The van der Waals surface area contributed by atoms with Crippen LogP contribution in [0.3, 0.4) is 0 Å². The Morgan fingerprint density at radius 3 is 2.88 bits per heavy atom. The van der Waals surface area contributed by atoms with Crippen LogP contribution in [0.4, 0.5) is 0 Å². The molecule has 1 saturated heterocycles. The van der Waals surface area contributed by atoms with Gasteiger partial charge in [-0.05, 0) is 29.8 Å². The number of nitrogens with zero attached hydrogens (tertiary/aromatic N) is 1. The Morgan fingerprint density at radius 2 is 2.08 bits per heavy atom. The number of rotatable bonds is 2. The number of benzene rings is 2. The van der Waals surface area contributed by atoms with Crippen molar-refractivity contribution in [1.29, 1.82) is 0 Å². The Bertz CT molecular complexity index is 827. The number of hydrogen-bond donors (Lipinski definition) is 1. The zero-order chi connectivity index (χ0) is 17.3. The van der Waals surface area contributed by atoms with E-state index in [-0.39, 0.29) is 5.91 Å². The molecule has 2 aliphatic rings. The van der Waals surface area contributed by atoms with Gasteiger partial charge in [0.2, 0.25) is 0 Å². The van der Waals surface area contributed by atoms with Gasteiger partial charge in [0, 0.05) is 21.7 Å². The first kappa shape index (κ1) is 16.8. The van der Waals surface area contributed by atoms with Crippen LogP contribution < -0.4 is 5.32 Å². The molecule has 2 atom stereocenters. The molecule has 0 unspecified atom stereocenters. The lowest BCUT2D eigenvalue weighted by Gasteiger charge is -2.34. The molecule has 25 heavy (non-hydrogen) atoms. The number of hydrogen-bond acceptors (Lipinski definition) is 4. The molecule has 2 aromatic carbocycles. The fourth-order valence-corrected chi connectivity index (χ4v) is 4.80. The summed E-state index contributed by atoms with van der Waals surface area (Å²) in [6.07, 6.45) is 0. The highest BCUT2D eigenvalue weighted by Crippen LogP contribution is 2.45. The summed E-state index contributed by atoms with van der Waals surface area (Å²) in [5, 5.41) is 3.63. The molecule has 1 fully saturated rings. The molecule has 2 heterocycles. The van der Waals surface area contributed by atoms with Gasteiger partial charge in [0.15, 0.2) is 5.17 Å². The molecule has 1 N–H and O–H groups in total. The van der Waals surface area contributed by atoms with E-state index in [1.54, 1.807) is 23.9 Å². The average molecular weight is 417 g/mol. The molecule has 0 spiro atoms. The second-order valence-electron chi connectivity index (χ2n) is 6.19. The van der Waals surface area contributed by atoms with Crippen molar-refractivity contribution < 1.29 is 9.53 Å². The Balaban J connectivity index is 1.66. The zero-order valence-electron chi connectivity index (χ0n) is 13.4. The smallest absolute Gasteiger partial charge is 0.257 e. The maximum absolute atomic E-state index is 12.5. The maximum atomic E-state index is 12.5. The predicted octanol–water partition coefficient (Wildman–Crippen LogP) is 3.82. The second kappa shape index (κ2) is 6.94. The van der Waals surface area contributed by atoms with Gasteiger partial charge in [-0.3, -0.25) is 4.79 Å². The topological polar surface area (TPSA) is 50.7 Å². The van der Waals surface area contributed by atoms with Crippen LogP contribution in [0.15, 0.2) is 64.1 Å². The van der Waals surface area contributed by atoms with Crippen molar-refractivity contribution in [2.75, 3.05) is 19.0 Å². The van der Waals surface area contributed by atoms with E-state index in [0.29, 0.717) is 29.9 Å². The first-order valence-electron chi connectivity index (χ1n) is 8.10. The van der Waals surface area contributed by atoms with E-state index in [2.05, 4.69) is 33.4 Å². The lowest BCUT2D eigenvalue weighted by molar-refractivity contribution is 0.0977. The summed E-state index contributed by atoms with van der Waals surface area (Å²) in [6.45, 7) is 1.24. The van der Waals surface area contributed by atoms with Gasteiger partial charge in [-0.2, -0.15) is 0 Å². The van der Waals surface area contributed by atoms with E-state index in [1.807, 2.05) is 30.3 Å². The molecular formula is C19H17BrN2O2S. The third-order valence-electron chi connectivity index (χ3n) is 4.62. The van der Waals surface area contributed by atoms with Crippen LogP contribution in [-0.4, -0.2) is 30.0 Å². The van der Waals surface area contributed by atoms with Crippen LogP contribution in [0.25, 0.3) is 0 Å². The number of nitrogens with one attached hydrogen (secondary N) is 1. The molecule has 128 valence electrons. The van der Waals surface area contributed by atoms with Gasteiger partial charge in [-0.15, -0.1) is 0 Å². The van der Waals surface area contributed by atoms with Crippen molar-refractivity contribution in [3.8, 4) is 0 Å². The minimum atomic E-state index is -0.422. The molecular weight excluding hydrogens is 400 g/mol. The summed E-state index contributed by atoms with van der Waals surface area (Å²) in [7, 11) is 0. The number of aliphatic imine (C=N–C) groups is 1. The molecule has 0 aromatic heterocycles. The number of carbonyl (C=O) groups is 1. The first-order chi connectivity index (χ1) is 12.2. The molecule has 0 radical (unpaired) electrons. The van der Waals surface area contributed by atoms with Gasteiger partial charge >= 0.3 is 0 Å². The third-order valence-corrected chi connectivity index (χ3v) is 6.15. The lowest BCUT2D eigenvalue weighted by atomic mass is 9.82. The summed E-state index contributed by atoms with van der Waals surface area (Å²) >= 11 is 5.13. The van der Waals surface area contributed by atoms with Crippen molar-refractivity contribution in [2.24, 2.45) is 10.9 Å². The molecule has 4 rings (SSSR count). The fraction of sp³-hybridized carbons (Fsp3) is 0.263. The van der Waals surface area contributed by atoms with E-state index >= 15 is 0 Å². The summed E-state index contributed by atoms with van der Waals surface area (Å²) in [6, 6.07) is 17.4. The molecule has 0 bridgehead atoms. The van der Waals surface area contributed by atoms with Gasteiger partial charge in [-0.1, -0.05) is 58.0 Å². The summed E-state index contributed by atoms with van der Waals surface area (Å²) in [5.74, 6) is 1.05. The predicted molar refractivity (Wildman–Crippen MR) is 104 cm³/mol. The van der Waals surface area contributed by atoms with E-state index in [4.69, 9.17) is 9.73 Å². The fourth-order valence-electron chi connectivity index (χ4n) is 3.28. The number of amides is 1. The minimum Gasteiger partial charge on any atom is -0.378 e. The van der Waals surface area contributed by atoms with Gasteiger partial charge < -0.3 is 10.1 Å². The van der Waals surface area contributed by atoms with Crippen LogP contribution >= 0.6 is 27.7 Å². The van der Waals surface area contributed by atoms with Crippen LogP contribution in [0.2, 0.25) is 0 Å². The van der Waals surface area contributed by atoms with E-state index in [0.717, 1.165) is 15.8 Å². The second-order valence-corrected chi connectivity index (χ2v) is 8.12. The van der Waals surface area contributed by atoms with Crippen molar-refractivity contribution in [1.82, 2.24) is 5.32 Å². The lowest BCUT2D eigenvalue weighted by Crippen LogP contribution is -2.42. The normalized spacial score (nSPS) is 25.2. The Hall–Kier alpha value is -1.63. The molecule has 4 nitrogen and oxygen atoms in total. The van der Waals surface area contributed by atoms with Crippen LogP contribution in [-0.2, 0) is 10.3 Å². The zero-order valence-corrected chi connectivity index (χ0v) is 15.8. The number of ether oxygens (including phenoxy) is 1.